The number of aromatic hydroxyl groups is 2. The normalized spacial score (nSPS) is 10.5. The van der Waals surface area contributed by atoms with E-state index in [9.17, 15) is 19.8 Å². The third-order valence-electron chi connectivity index (χ3n) is 5.26. The molecule has 4 aromatic carbocycles. The molecule has 0 aromatic heterocycles. The summed E-state index contributed by atoms with van der Waals surface area (Å²) >= 11 is 0. The van der Waals surface area contributed by atoms with Crippen LogP contribution in [0.15, 0.2) is 97.1 Å². The van der Waals surface area contributed by atoms with Crippen LogP contribution in [0.2, 0.25) is 0 Å². The van der Waals surface area contributed by atoms with Crippen molar-refractivity contribution in [1.29, 1.82) is 0 Å². The highest BCUT2D eigenvalue weighted by Gasteiger charge is 2.09. The van der Waals surface area contributed by atoms with Gasteiger partial charge in [0.05, 0.1) is 0 Å². The van der Waals surface area contributed by atoms with E-state index in [1.54, 1.807) is 24.3 Å². The number of anilines is 2. The Morgan fingerprint density at radius 2 is 0.970 bits per heavy atom. The zero-order valence-corrected chi connectivity index (χ0v) is 17.9. The van der Waals surface area contributed by atoms with Crippen LogP contribution in [-0.4, -0.2) is 21.8 Å². The number of phenols is 2. The van der Waals surface area contributed by atoms with Crippen LogP contribution in [0.25, 0.3) is 0 Å². The van der Waals surface area contributed by atoms with Crippen LogP contribution in [-0.2, 0) is 12.8 Å². The van der Waals surface area contributed by atoms with Gasteiger partial charge in [0.2, 0.25) is 0 Å². The molecular weight excluding hydrogens is 414 g/mol. The third-order valence-corrected chi connectivity index (χ3v) is 5.26. The average molecular weight is 437 g/mol. The Balaban J connectivity index is 1.34. The predicted molar refractivity (Wildman–Crippen MR) is 128 cm³/mol. The minimum absolute atomic E-state index is 0.0533. The average Bonchev–Trinajstić information content (AvgIpc) is 2.81. The van der Waals surface area contributed by atoms with E-state index in [1.807, 2.05) is 48.5 Å². The zero-order chi connectivity index (χ0) is 23.2. The zero-order valence-electron chi connectivity index (χ0n) is 17.9. The third kappa shape index (κ3) is 5.86. The fraction of sp³-hybridized carbons (Fsp3) is 0.0714. The molecule has 0 aliphatic carbocycles. The van der Waals surface area contributed by atoms with Gasteiger partial charge in [0.15, 0.2) is 11.6 Å². The predicted octanol–water partition coefficient (Wildman–Crippen LogP) is 5.69. The Morgan fingerprint density at radius 3 is 1.33 bits per heavy atom. The summed E-state index contributed by atoms with van der Waals surface area (Å²) < 4.78 is 0. The van der Waals surface area contributed by atoms with Gasteiger partial charge in [-0.15, -0.1) is 0 Å². The first-order valence-electron chi connectivity index (χ1n) is 10.6. The van der Waals surface area contributed by atoms with Crippen LogP contribution in [0, 0.1) is 0 Å². The molecule has 0 amide bonds. The number of carbonyl (C=O) groups is 2. The summed E-state index contributed by atoms with van der Waals surface area (Å²) in [5.41, 5.74) is 4.50. The van der Waals surface area contributed by atoms with Crippen molar-refractivity contribution in [2.75, 3.05) is 5.32 Å². The minimum atomic E-state index is -0.0533. The van der Waals surface area contributed by atoms with Crippen molar-refractivity contribution in [3.63, 3.8) is 0 Å². The lowest BCUT2D eigenvalue weighted by atomic mass is 10.0. The van der Waals surface area contributed by atoms with Crippen molar-refractivity contribution in [2.45, 2.75) is 12.8 Å². The van der Waals surface area contributed by atoms with Crippen LogP contribution in [0.3, 0.4) is 0 Å². The highest BCUT2D eigenvalue weighted by atomic mass is 16.3. The summed E-state index contributed by atoms with van der Waals surface area (Å²) in [6.07, 6.45) is 0.511. The van der Waals surface area contributed by atoms with Gasteiger partial charge in [0.25, 0.3) is 0 Å². The molecule has 5 heteroatoms. The standard InChI is InChI=1S/C28H23NO4/c30-25-5-1-3-21(17-25)27(32)15-19-7-11-23(12-8-19)29-24-13-9-20(10-14-24)16-28(33)22-4-2-6-26(31)18-22/h1-14,17-18,29-31H,15-16H2. The Hall–Kier alpha value is -4.38. The topological polar surface area (TPSA) is 86.6 Å². The summed E-state index contributed by atoms with van der Waals surface area (Å²) in [7, 11) is 0. The lowest BCUT2D eigenvalue weighted by Crippen LogP contribution is -2.03. The number of carbonyl (C=O) groups excluding carboxylic acids is 2. The first kappa shape index (κ1) is 21.8. The van der Waals surface area contributed by atoms with Crippen molar-refractivity contribution >= 4 is 22.9 Å². The van der Waals surface area contributed by atoms with E-state index in [-0.39, 0.29) is 35.9 Å². The molecule has 4 aromatic rings. The maximum absolute atomic E-state index is 12.4. The quantitative estimate of drug-likeness (QED) is 0.308. The summed E-state index contributed by atoms with van der Waals surface area (Å²) in [5.74, 6) is 0.0511. The molecule has 0 fully saturated rings. The molecule has 0 saturated carbocycles. The molecular formula is C28H23NO4. The summed E-state index contributed by atoms with van der Waals surface area (Å²) in [6.45, 7) is 0. The summed E-state index contributed by atoms with van der Waals surface area (Å²) in [6, 6.07) is 27.9. The molecule has 0 heterocycles. The SMILES string of the molecule is O=C(Cc1ccc(Nc2ccc(CC(=O)c3cccc(O)c3)cc2)cc1)c1cccc(O)c1. The highest BCUT2D eigenvalue weighted by molar-refractivity contribution is 5.98. The van der Waals surface area contributed by atoms with Crippen LogP contribution in [0.5, 0.6) is 11.5 Å². The number of phenolic OH excluding ortho intramolecular Hbond substituents is 2. The van der Waals surface area contributed by atoms with Gasteiger partial charge < -0.3 is 15.5 Å². The van der Waals surface area contributed by atoms with Crippen LogP contribution in [0.4, 0.5) is 11.4 Å². The Morgan fingerprint density at radius 1 is 0.576 bits per heavy atom. The van der Waals surface area contributed by atoms with Gasteiger partial charge in [0.1, 0.15) is 11.5 Å². The number of Topliss-reactive ketones (excluding diaryl/α,β-unsaturated/α-hetero) is 2. The maximum atomic E-state index is 12.4. The molecule has 4 rings (SSSR count). The fourth-order valence-corrected chi connectivity index (χ4v) is 3.51. The number of hydrogen-bond donors (Lipinski definition) is 3. The molecule has 0 bridgehead atoms. The molecule has 0 aliphatic heterocycles. The number of benzene rings is 4. The second kappa shape index (κ2) is 9.83. The monoisotopic (exact) mass is 437 g/mol. The molecule has 0 radical (unpaired) electrons. The minimum Gasteiger partial charge on any atom is -0.508 e. The van der Waals surface area contributed by atoms with Crippen molar-refractivity contribution < 1.29 is 19.8 Å². The van der Waals surface area contributed by atoms with Crippen molar-refractivity contribution in [3.8, 4) is 11.5 Å². The van der Waals surface area contributed by atoms with Crippen LogP contribution < -0.4 is 5.32 Å². The molecule has 5 nitrogen and oxygen atoms in total. The highest BCUT2D eigenvalue weighted by Crippen LogP contribution is 2.20. The number of ketones is 2. The Labute approximate surface area is 192 Å². The van der Waals surface area contributed by atoms with E-state index in [0.29, 0.717) is 11.1 Å². The van der Waals surface area contributed by atoms with Gasteiger partial charge in [0, 0.05) is 35.3 Å². The summed E-state index contributed by atoms with van der Waals surface area (Å²) in [5, 5.41) is 22.4. The Kier molecular flexibility index (Phi) is 6.51. The summed E-state index contributed by atoms with van der Waals surface area (Å²) in [4.78, 5) is 24.8. The molecule has 3 N–H and O–H groups in total. The molecule has 0 atom stereocenters. The largest absolute Gasteiger partial charge is 0.508 e. The van der Waals surface area contributed by atoms with Gasteiger partial charge in [-0.3, -0.25) is 9.59 Å². The van der Waals surface area contributed by atoms with E-state index >= 15 is 0 Å². The first-order valence-corrected chi connectivity index (χ1v) is 10.6. The number of hydrogen-bond acceptors (Lipinski definition) is 5. The van der Waals surface area contributed by atoms with E-state index < -0.39 is 0 Å². The van der Waals surface area contributed by atoms with Crippen molar-refractivity contribution in [2.24, 2.45) is 0 Å². The Bertz CT molecular complexity index is 1180. The molecule has 164 valence electrons. The molecule has 33 heavy (non-hydrogen) atoms. The van der Waals surface area contributed by atoms with Gasteiger partial charge in [-0.1, -0.05) is 48.5 Å². The van der Waals surface area contributed by atoms with Crippen LogP contribution >= 0.6 is 0 Å². The second-order valence-electron chi connectivity index (χ2n) is 7.82. The molecule has 0 spiro atoms. The second-order valence-corrected chi connectivity index (χ2v) is 7.82. The van der Waals surface area contributed by atoms with Gasteiger partial charge in [-0.05, 0) is 59.7 Å². The molecule has 0 unspecified atom stereocenters. The van der Waals surface area contributed by atoms with Gasteiger partial charge >= 0.3 is 0 Å². The van der Waals surface area contributed by atoms with Crippen molar-refractivity contribution in [1.82, 2.24) is 0 Å². The van der Waals surface area contributed by atoms with Crippen LogP contribution in [0.1, 0.15) is 31.8 Å². The van der Waals surface area contributed by atoms with E-state index in [4.69, 9.17) is 0 Å². The molecule has 0 saturated heterocycles. The van der Waals surface area contributed by atoms with E-state index in [2.05, 4.69) is 5.32 Å². The number of rotatable bonds is 8. The van der Waals surface area contributed by atoms with E-state index in [1.165, 1.54) is 24.3 Å². The first-order chi connectivity index (χ1) is 16.0. The van der Waals surface area contributed by atoms with E-state index in [0.717, 1.165) is 22.5 Å². The van der Waals surface area contributed by atoms with Gasteiger partial charge in [-0.25, -0.2) is 0 Å². The van der Waals surface area contributed by atoms with Gasteiger partial charge in [-0.2, -0.15) is 0 Å². The number of nitrogens with one attached hydrogen (secondary N) is 1. The fourth-order valence-electron chi connectivity index (χ4n) is 3.51. The maximum Gasteiger partial charge on any atom is 0.167 e. The lowest BCUT2D eigenvalue weighted by molar-refractivity contribution is 0.0984. The molecule has 0 aliphatic rings. The van der Waals surface area contributed by atoms with Crippen molar-refractivity contribution in [3.05, 3.63) is 119 Å². The lowest BCUT2D eigenvalue weighted by Gasteiger charge is -2.09. The smallest absolute Gasteiger partial charge is 0.167 e.